The Kier molecular flexibility index (Phi) is 8.11. The second-order valence-corrected chi connectivity index (χ2v) is 8.16. The van der Waals surface area contributed by atoms with E-state index in [1.54, 1.807) is 7.11 Å². The van der Waals surface area contributed by atoms with E-state index in [0.29, 0.717) is 6.61 Å². The predicted molar refractivity (Wildman–Crippen MR) is 95.3 cm³/mol. The minimum atomic E-state index is -0.100. The van der Waals surface area contributed by atoms with Crippen molar-refractivity contribution >= 4 is 31.9 Å². The van der Waals surface area contributed by atoms with Crippen LogP contribution in [-0.4, -0.2) is 26.1 Å². The van der Waals surface area contributed by atoms with Crippen molar-refractivity contribution in [2.75, 3.05) is 13.7 Å². The second-order valence-electron chi connectivity index (χ2n) is 5.38. The second kappa shape index (κ2) is 9.83. The molecule has 0 aromatic heterocycles. The van der Waals surface area contributed by atoms with Gasteiger partial charge in [0.1, 0.15) is 0 Å². The summed E-state index contributed by atoms with van der Waals surface area (Å²) in [6.45, 7) is 1.42. The third-order valence-corrected chi connectivity index (χ3v) is 4.04. The molecule has 2 atom stereocenters. The molecular formula is C17H22Br2O3. The summed E-state index contributed by atoms with van der Waals surface area (Å²) in [4.78, 5) is 0. The van der Waals surface area contributed by atoms with Crippen LogP contribution < -0.4 is 0 Å². The van der Waals surface area contributed by atoms with Crippen LogP contribution in [0.3, 0.4) is 0 Å². The molecule has 2 unspecified atom stereocenters. The lowest BCUT2D eigenvalue weighted by molar-refractivity contribution is -0.178. The molecule has 0 spiro atoms. The zero-order chi connectivity index (χ0) is 15.8. The molecule has 3 nitrogen and oxygen atoms in total. The summed E-state index contributed by atoms with van der Waals surface area (Å²) in [5.41, 5.74) is 2.41. The fraction of sp³-hybridized carbons (Fsp3) is 0.529. The SMILES string of the molecule is COCc1cccc(CC(C=C(Br)Br)OC2CCCCO2)c1. The van der Waals surface area contributed by atoms with Gasteiger partial charge in [-0.2, -0.15) is 0 Å². The summed E-state index contributed by atoms with van der Waals surface area (Å²) >= 11 is 6.86. The summed E-state index contributed by atoms with van der Waals surface area (Å²) in [5, 5.41) is 0. The van der Waals surface area contributed by atoms with Crippen LogP contribution in [0.2, 0.25) is 0 Å². The Hall–Kier alpha value is -0.200. The van der Waals surface area contributed by atoms with Crippen molar-refractivity contribution in [1.82, 2.24) is 0 Å². The predicted octanol–water partition coefficient (Wildman–Crippen LogP) is 4.92. The fourth-order valence-electron chi connectivity index (χ4n) is 2.55. The highest BCUT2D eigenvalue weighted by molar-refractivity contribution is 9.28. The maximum atomic E-state index is 6.12. The summed E-state index contributed by atoms with van der Waals surface area (Å²) in [6, 6.07) is 8.42. The highest BCUT2D eigenvalue weighted by Crippen LogP contribution is 2.22. The molecule has 1 fully saturated rings. The quantitative estimate of drug-likeness (QED) is 0.610. The number of benzene rings is 1. The summed E-state index contributed by atoms with van der Waals surface area (Å²) in [5.74, 6) is 0. The third kappa shape index (κ3) is 6.50. The van der Waals surface area contributed by atoms with Crippen LogP contribution >= 0.6 is 31.9 Å². The Morgan fingerprint density at radius 3 is 2.86 bits per heavy atom. The Bertz CT molecular complexity index is 481. The van der Waals surface area contributed by atoms with E-state index in [2.05, 4.69) is 56.1 Å². The van der Waals surface area contributed by atoms with Gasteiger partial charge in [0.25, 0.3) is 0 Å². The van der Waals surface area contributed by atoms with E-state index in [0.717, 1.165) is 29.3 Å². The molecule has 0 N–H and O–H groups in total. The van der Waals surface area contributed by atoms with Crippen molar-refractivity contribution < 1.29 is 14.2 Å². The molecule has 0 aliphatic carbocycles. The Morgan fingerprint density at radius 2 is 2.18 bits per heavy atom. The molecule has 0 saturated carbocycles. The zero-order valence-corrected chi connectivity index (χ0v) is 15.9. The molecule has 1 aliphatic heterocycles. The molecule has 1 aliphatic rings. The Labute approximate surface area is 149 Å². The van der Waals surface area contributed by atoms with Gasteiger partial charge in [0.2, 0.25) is 0 Å². The van der Waals surface area contributed by atoms with Gasteiger partial charge in [-0.05, 0) is 68.3 Å². The average Bonchev–Trinajstić information content (AvgIpc) is 2.48. The first-order chi connectivity index (χ1) is 10.7. The Balaban J connectivity index is 2.02. The molecule has 1 saturated heterocycles. The lowest BCUT2D eigenvalue weighted by atomic mass is 10.0. The maximum absolute atomic E-state index is 6.12. The van der Waals surface area contributed by atoms with Crippen LogP contribution in [-0.2, 0) is 27.2 Å². The van der Waals surface area contributed by atoms with Crippen LogP contribution in [0.15, 0.2) is 33.7 Å². The van der Waals surface area contributed by atoms with Crippen molar-refractivity contribution in [1.29, 1.82) is 0 Å². The van der Waals surface area contributed by atoms with Crippen LogP contribution in [0.5, 0.6) is 0 Å². The highest BCUT2D eigenvalue weighted by Gasteiger charge is 2.19. The minimum Gasteiger partial charge on any atom is -0.380 e. The first-order valence-electron chi connectivity index (χ1n) is 7.54. The molecule has 0 bridgehead atoms. The molecule has 0 radical (unpaired) electrons. The van der Waals surface area contributed by atoms with Gasteiger partial charge in [-0.25, -0.2) is 0 Å². The molecule has 1 aromatic rings. The van der Waals surface area contributed by atoms with E-state index in [9.17, 15) is 0 Å². The van der Waals surface area contributed by atoms with E-state index in [-0.39, 0.29) is 12.4 Å². The average molecular weight is 434 g/mol. The van der Waals surface area contributed by atoms with Crippen molar-refractivity contribution in [3.8, 4) is 0 Å². The van der Waals surface area contributed by atoms with Gasteiger partial charge in [-0.15, -0.1) is 0 Å². The largest absolute Gasteiger partial charge is 0.380 e. The van der Waals surface area contributed by atoms with Gasteiger partial charge in [0.15, 0.2) is 6.29 Å². The number of rotatable bonds is 7. The lowest BCUT2D eigenvalue weighted by Crippen LogP contribution is -2.28. The van der Waals surface area contributed by atoms with Gasteiger partial charge in [-0.1, -0.05) is 24.3 Å². The highest BCUT2D eigenvalue weighted by atomic mass is 79.9. The summed E-state index contributed by atoms with van der Waals surface area (Å²) in [7, 11) is 1.71. The van der Waals surface area contributed by atoms with Gasteiger partial charge in [0, 0.05) is 20.1 Å². The van der Waals surface area contributed by atoms with Crippen molar-refractivity contribution in [2.24, 2.45) is 0 Å². The van der Waals surface area contributed by atoms with E-state index >= 15 is 0 Å². The van der Waals surface area contributed by atoms with Crippen LogP contribution in [0, 0.1) is 0 Å². The van der Waals surface area contributed by atoms with Crippen LogP contribution in [0.1, 0.15) is 30.4 Å². The molecular weight excluding hydrogens is 412 g/mol. The first-order valence-corrected chi connectivity index (χ1v) is 9.12. The zero-order valence-electron chi connectivity index (χ0n) is 12.8. The lowest BCUT2D eigenvalue weighted by Gasteiger charge is -2.26. The normalized spacial score (nSPS) is 19.7. The molecule has 2 rings (SSSR count). The smallest absolute Gasteiger partial charge is 0.158 e. The number of methoxy groups -OCH3 is 1. The van der Waals surface area contributed by atoms with E-state index in [1.807, 2.05) is 6.08 Å². The standard InChI is InChI=1S/C17H22Br2O3/c1-20-12-14-6-4-5-13(9-14)10-15(11-16(18)19)22-17-7-2-3-8-21-17/h4-6,9,11,15,17H,2-3,7-8,10,12H2,1H3. The van der Waals surface area contributed by atoms with Crippen molar-refractivity contribution in [3.63, 3.8) is 0 Å². The van der Waals surface area contributed by atoms with Crippen LogP contribution in [0.4, 0.5) is 0 Å². The monoisotopic (exact) mass is 432 g/mol. The number of hydrogen-bond acceptors (Lipinski definition) is 3. The summed E-state index contributed by atoms with van der Waals surface area (Å²) in [6.07, 6.45) is 5.96. The minimum absolute atomic E-state index is 0.0327. The topological polar surface area (TPSA) is 27.7 Å². The van der Waals surface area contributed by atoms with Gasteiger partial charge < -0.3 is 14.2 Å². The number of hydrogen-bond donors (Lipinski definition) is 0. The molecule has 0 amide bonds. The number of ether oxygens (including phenoxy) is 3. The maximum Gasteiger partial charge on any atom is 0.158 e. The van der Waals surface area contributed by atoms with E-state index in [4.69, 9.17) is 14.2 Å². The van der Waals surface area contributed by atoms with Gasteiger partial charge in [0.05, 0.1) is 16.1 Å². The van der Waals surface area contributed by atoms with Gasteiger partial charge >= 0.3 is 0 Å². The summed E-state index contributed by atoms with van der Waals surface area (Å²) < 4.78 is 17.9. The molecule has 22 heavy (non-hydrogen) atoms. The van der Waals surface area contributed by atoms with Gasteiger partial charge in [-0.3, -0.25) is 0 Å². The fourth-order valence-corrected chi connectivity index (χ4v) is 3.14. The van der Waals surface area contributed by atoms with E-state index < -0.39 is 0 Å². The van der Waals surface area contributed by atoms with Crippen LogP contribution in [0.25, 0.3) is 0 Å². The molecule has 5 heteroatoms. The number of halogens is 2. The molecule has 122 valence electrons. The Morgan fingerprint density at radius 1 is 1.36 bits per heavy atom. The van der Waals surface area contributed by atoms with Crippen molar-refractivity contribution in [3.05, 3.63) is 44.9 Å². The van der Waals surface area contributed by atoms with Crippen molar-refractivity contribution in [2.45, 2.75) is 44.7 Å². The molecule has 1 heterocycles. The first kappa shape index (κ1) is 18.1. The van der Waals surface area contributed by atoms with E-state index in [1.165, 1.54) is 17.5 Å². The third-order valence-electron chi connectivity index (χ3n) is 3.52. The molecule has 1 aromatic carbocycles.